The fourth-order valence-corrected chi connectivity index (χ4v) is 1.51. The topological polar surface area (TPSA) is 21.6 Å². The molecule has 0 saturated heterocycles. The van der Waals surface area contributed by atoms with Gasteiger partial charge in [0.05, 0.1) is 5.54 Å². The van der Waals surface area contributed by atoms with Crippen LogP contribution in [-0.4, -0.2) is 18.0 Å². The Kier molecular flexibility index (Phi) is 5.31. The van der Waals surface area contributed by atoms with Gasteiger partial charge >= 0.3 is 0 Å². The maximum Gasteiger partial charge on any atom is 0.223 e. The van der Waals surface area contributed by atoms with Crippen LogP contribution in [0.1, 0.15) is 39.7 Å². The van der Waals surface area contributed by atoms with Gasteiger partial charge in [0.15, 0.2) is 23.3 Å². The van der Waals surface area contributed by atoms with Crippen LogP contribution in [0.4, 0.5) is 22.0 Å². The lowest BCUT2D eigenvalue weighted by molar-refractivity contribution is 0.276. The molecule has 118 valence electrons. The molecule has 0 aliphatic carbocycles. The van der Waals surface area contributed by atoms with Crippen LogP contribution in [0.5, 0.6) is 0 Å². The summed E-state index contributed by atoms with van der Waals surface area (Å²) in [6.07, 6.45) is 1.25. The highest BCUT2D eigenvalue weighted by molar-refractivity contribution is 5.96. The van der Waals surface area contributed by atoms with Crippen LogP contribution in [-0.2, 0) is 4.74 Å². The summed E-state index contributed by atoms with van der Waals surface area (Å²) in [6, 6.07) is 0. The van der Waals surface area contributed by atoms with Crippen LogP contribution < -0.4 is 0 Å². The van der Waals surface area contributed by atoms with Crippen molar-refractivity contribution in [3.63, 3.8) is 0 Å². The summed E-state index contributed by atoms with van der Waals surface area (Å²) in [4.78, 5) is 3.78. The maximum atomic E-state index is 13.4. The van der Waals surface area contributed by atoms with Crippen molar-refractivity contribution in [2.45, 2.75) is 39.7 Å². The van der Waals surface area contributed by atoms with Gasteiger partial charge in [0.2, 0.25) is 11.7 Å². The second-order valence-electron chi connectivity index (χ2n) is 5.17. The molecule has 7 heteroatoms. The third kappa shape index (κ3) is 3.51. The van der Waals surface area contributed by atoms with Gasteiger partial charge in [-0.25, -0.2) is 26.9 Å². The second-order valence-corrected chi connectivity index (χ2v) is 5.17. The molecule has 1 aliphatic rings. The normalized spacial score (nSPS) is 16.0. The van der Waals surface area contributed by atoms with Gasteiger partial charge in [-0.3, -0.25) is 0 Å². The number of rotatable bonds is 1. The Balaban J connectivity index is 0.000000677. The van der Waals surface area contributed by atoms with Gasteiger partial charge < -0.3 is 4.74 Å². The molecule has 0 N–H and O–H groups in total. The molecule has 1 aromatic rings. The summed E-state index contributed by atoms with van der Waals surface area (Å²) in [7, 11) is 0. The third-order valence-corrected chi connectivity index (χ3v) is 2.39. The summed E-state index contributed by atoms with van der Waals surface area (Å²) in [5, 5.41) is 0. The maximum absolute atomic E-state index is 13.4. The van der Waals surface area contributed by atoms with Gasteiger partial charge in [0, 0.05) is 0 Å². The number of aliphatic imine (C=N–C) groups is 1. The molecule has 1 heterocycles. The van der Waals surface area contributed by atoms with Crippen molar-refractivity contribution in [3.05, 3.63) is 34.6 Å². The predicted molar refractivity (Wildman–Crippen MR) is 68.8 cm³/mol. The molecule has 21 heavy (non-hydrogen) atoms. The minimum Gasteiger partial charge on any atom is -0.475 e. The van der Waals surface area contributed by atoms with E-state index in [4.69, 9.17) is 4.74 Å². The van der Waals surface area contributed by atoms with Crippen molar-refractivity contribution in [2.75, 3.05) is 6.61 Å². The molecule has 0 atom stereocenters. The van der Waals surface area contributed by atoms with E-state index in [0.29, 0.717) is 0 Å². The van der Waals surface area contributed by atoms with E-state index in [1.807, 2.05) is 0 Å². The Labute approximate surface area is 119 Å². The van der Waals surface area contributed by atoms with Gasteiger partial charge in [0.1, 0.15) is 12.2 Å². The fraction of sp³-hybridized carbons (Fsp3) is 0.500. The van der Waals surface area contributed by atoms with Crippen LogP contribution in [0.3, 0.4) is 0 Å². The SMILES string of the molecule is CC1(C)COC(c2c(F)c(F)c(F)c(F)c2F)=N1.CCC. The van der Waals surface area contributed by atoms with E-state index < -0.39 is 46.1 Å². The van der Waals surface area contributed by atoms with E-state index in [2.05, 4.69) is 18.8 Å². The first-order chi connectivity index (χ1) is 9.66. The third-order valence-electron chi connectivity index (χ3n) is 2.39. The summed E-state index contributed by atoms with van der Waals surface area (Å²) < 4.78 is 70.5. The first-order valence-corrected chi connectivity index (χ1v) is 6.40. The molecular formula is C14H16F5NO. The van der Waals surface area contributed by atoms with Crippen molar-refractivity contribution in [1.82, 2.24) is 0 Å². The Morgan fingerprint density at radius 2 is 1.29 bits per heavy atom. The summed E-state index contributed by atoms with van der Waals surface area (Å²) in [5.41, 5.74) is -1.90. The van der Waals surface area contributed by atoms with E-state index >= 15 is 0 Å². The van der Waals surface area contributed by atoms with Crippen molar-refractivity contribution in [2.24, 2.45) is 4.99 Å². The van der Waals surface area contributed by atoms with Gasteiger partial charge in [-0.05, 0) is 13.8 Å². The first-order valence-electron chi connectivity index (χ1n) is 6.40. The van der Waals surface area contributed by atoms with E-state index in [1.165, 1.54) is 6.42 Å². The number of hydrogen-bond acceptors (Lipinski definition) is 2. The van der Waals surface area contributed by atoms with Gasteiger partial charge in [-0.1, -0.05) is 20.3 Å². The molecule has 0 spiro atoms. The predicted octanol–water partition coefficient (Wildman–Crippen LogP) is 4.35. The van der Waals surface area contributed by atoms with E-state index in [9.17, 15) is 22.0 Å². The number of halogens is 5. The largest absolute Gasteiger partial charge is 0.475 e. The second kappa shape index (κ2) is 6.41. The highest BCUT2D eigenvalue weighted by Crippen LogP contribution is 2.28. The molecule has 0 saturated carbocycles. The minimum absolute atomic E-state index is 0.00181. The Morgan fingerprint density at radius 1 is 0.905 bits per heavy atom. The molecular weight excluding hydrogens is 293 g/mol. The smallest absolute Gasteiger partial charge is 0.223 e. The van der Waals surface area contributed by atoms with Gasteiger partial charge in [0.25, 0.3) is 0 Å². The molecule has 1 aliphatic heterocycles. The van der Waals surface area contributed by atoms with Crippen LogP contribution in [0.2, 0.25) is 0 Å². The highest BCUT2D eigenvalue weighted by atomic mass is 19.2. The Bertz CT molecular complexity index is 540. The number of hydrogen-bond donors (Lipinski definition) is 0. The lowest BCUT2D eigenvalue weighted by Crippen LogP contribution is -2.17. The van der Waals surface area contributed by atoms with Crippen LogP contribution in [0.15, 0.2) is 4.99 Å². The van der Waals surface area contributed by atoms with Gasteiger partial charge in [-0.2, -0.15) is 0 Å². The van der Waals surface area contributed by atoms with Crippen molar-refractivity contribution in [3.8, 4) is 0 Å². The Morgan fingerprint density at radius 3 is 1.62 bits per heavy atom. The zero-order valence-corrected chi connectivity index (χ0v) is 12.2. The quantitative estimate of drug-likeness (QED) is 0.429. The van der Waals surface area contributed by atoms with E-state index in [1.54, 1.807) is 13.8 Å². The molecule has 0 unspecified atom stereocenters. The summed E-state index contributed by atoms with van der Waals surface area (Å²) in [6.45, 7) is 7.46. The van der Waals surface area contributed by atoms with Crippen LogP contribution in [0.25, 0.3) is 0 Å². The van der Waals surface area contributed by atoms with Crippen LogP contribution in [0, 0.1) is 29.1 Å². The molecule has 2 nitrogen and oxygen atoms in total. The summed E-state index contributed by atoms with van der Waals surface area (Å²) >= 11 is 0. The summed E-state index contributed by atoms with van der Waals surface area (Å²) in [5.74, 6) is -10.7. The average molecular weight is 309 g/mol. The molecule has 0 amide bonds. The van der Waals surface area contributed by atoms with Gasteiger partial charge in [-0.15, -0.1) is 0 Å². The van der Waals surface area contributed by atoms with E-state index in [0.717, 1.165) is 0 Å². The van der Waals surface area contributed by atoms with Crippen molar-refractivity contribution < 1.29 is 26.7 Å². The number of nitrogens with zero attached hydrogens (tertiary/aromatic N) is 1. The molecule has 0 aromatic heterocycles. The number of benzene rings is 1. The molecule has 0 fully saturated rings. The lowest BCUT2D eigenvalue weighted by Gasteiger charge is -2.07. The molecule has 2 rings (SSSR count). The van der Waals surface area contributed by atoms with Crippen molar-refractivity contribution in [1.29, 1.82) is 0 Å². The monoisotopic (exact) mass is 309 g/mol. The zero-order valence-electron chi connectivity index (χ0n) is 12.2. The Hall–Kier alpha value is -1.66. The van der Waals surface area contributed by atoms with E-state index in [-0.39, 0.29) is 6.61 Å². The molecule has 1 aromatic carbocycles. The molecule has 0 radical (unpaired) electrons. The molecule has 0 bridgehead atoms. The minimum atomic E-state index is -2.20. The highest BCUT2D eigenvalue weighted by Gasteiger charge is 2.34. The average Bonchev–Trinajstić information content (AvgIpc) is 2.75. The van der Waals surface area contributed by atoms with Crippen molar-refractivity contribution >= 4 is 5.90 Å². The lowest BCUT2D eigenvalue weighted by atomic mass is 10.1. The standard InChI is InChI=1S/C11H8F5NO.C3H8/c1-11(2)3-18-10(17-11)4-5(12)7(14)9(16)8(15)6(4)13;1-3-2/h3H2,1-2H3;3H2,1-2H3. The fourth-order valence-electron chi connectivity index (χ4n) is 1.51. The number of ether oxygens (including phenoxy) is 1. The zero-order chi connectivity index (χ0) is 16.4. The first kappa shape index (κ1) is 17.4. The van der Waals surface area contributed by atoms with Crippen LogP contribution >= 0.6 is 0 Å².